The Labute approximate surface area is 202 Å². The molecule has 1 saturated carbocycles. The number of amides is 2. The molecule has 7 nitrogen and oxygen atoms in total. The normalized spacial score (nSPS) is 16.2. The van der Waals surface area contributed by atoms with E-state index in [-0.39, 0.29) is 17.7 Å². The number of nitrogens with zero attached hydrogens (tertiary/aromatic N) is 2. The van der Waals surface area contributed by atoms with Gasteiger partial charge in [0.05, 0.1) is 18.4 Å². The average Bonchev–Trinajstić information content (AvgIpc) is 2.81. The Morgan fingerprint density at radius 2 is 1.68 bits per heavy atom. The molecule has 2 aromatic rings. The maximum atomic E-state index is 13.1. The van der Waals surface area contributed by atoms with Gasteiger partial charge >= 0.3 is 0 Å². The summed E-state index contributed by atoms with van der Waals surface area (Å²) in [6.07, 6.45) is 3.00. The molecule has 4 rings (SSSR count). The third kappa shape index (κ3) is 5.46. The van der Waals surface area contributed by atoms with Crippen LogP contribution in [-0.4, -0.2) is 51.6 Å². The molecule has 0 unspecified atom stereocenters. The van der Waals surface area contributed by atoms with Crippen LogP contribution in [0, 0.1) is 11.8 Å². The lowest BCUT2D eigenvalue weighted by Gasteiger charge is -2.38. The van der Waals surface area contributed by atoms with E-state index in [0.717, 1.165) is 62.6 Å². The zero-order chi connectivity index (χ0) is 24.1. The van der Waals surface area contributed by atoms with E-state index in [0.29, 0.717) is 23.7 Å². The molecule has 1 aliphatic carbocycles. The first-order chi connectivity index (χ1) is 16.5. The molecule has 2 amide bonds. The van der Waals surface area contributed by atoms with Gasteiger partial charge in [0.1, 0.15) is 5.75 Å². The van der Waals surface area contributed by atoms with E-state index in [2.05, 4.69) is 40.3 Å². The van der Waals surface area contributed by atoms with Gasteiger partial charge in [0, 0.05) is 50.0 Å². The van der Waals surface area contributed by atoms with Crippen LogP contribution in [0.4, 0.5) is 17.1 Å². The molecular formula is C27H36N4O3. The van der Waals surface area contributed by atoms with Gasteiger partial charge in [-0.15, -0.1) is 0 Å². The Balaban J connectivity index is 1.51. The van der Waals surface area contributed by atoms with Crippen LogP contribution in [0.3, 0.4) is 0 Å². The predicted octanol–water partition coefficient (Wildman–Crippen LogP) is 4.15. The standard InChI is InChI=1S/C27H36N4O3/c1-19(2)18-28-27(33)22-17-21(29-26(32)20-7-6-8-20)11-12-23(22)30-13-15-31(16-14-30)24-9-4-5-10-25(24)34-3/h4-5,9-12,17,19-20H,6-8,13-16,18H2,1-3H3,(H,28,33)(H,29,32). The highest BCUT2D eigenvalue weighted by Crippen LogP contribution is 2.32. The molecule has 0 bridgehead atoms. The van der Waals surface area contributed by atoms with Crippen molar-refractivity contribution in [3.63, 3.8) is 0 Å². The maximum absolute atomic E-state index is 13.1. The monoisotopic (exact) mass is 464 g/mol. The number of anilines is 3. The largest absolute Gasteiger partial charge is 0.495 e. The van der Waals surface area contributed by atoms with E-state index in [9.17, 15) is 9.59 Å². The first-order valence-electron chi connectivity index (χ1n) is 12.3. The molecule has 182 valence electrons. The first-order valence-corrected chi connectivity index (χ1v) is 12.3. The second kappa shape index (κ2) is 10.8. The van der Waals surface area contributed by atoms with Crippen molar-refractivity contribution >= 4 is 28.9 Å². The number of rotatable bonds is 8. The Bertz CT molecular complexity index is 1010. The number of piperazine rings is 1. The van der Waals surface area contributed by atoms with Gasteiger partial charge in [-0.1, -0.05) is 32.4 Å². The molecule has 0 radical (unpaired) electrons. The molecule has 2 aliphatic rings. The van der Waals surface area contributed by atoms with Crippen molar-refractivity contribution in [3.05, 3.63) is 48.0 Å². The van der Waals surface area contributed by atoms with Crippen LogP contribution in [-0.2, 0) is 4.79 Å². The highest BCUT2D eigenvalue weighted by Gasteiger charge is 2.27. The average molecular weight is 465 g/mol. The third-order valence-electron chi connectivity index (χ3n) is 6.70. The van der Waals surface area contributed by atoms with E-state index < -0.39 is 0 Å². The van der Waals surface area contributed by atoms with Crippen molar-refractivity contribution in [2.45, 2.75) is 33.1 Å². The summed E-state index contributed by atoms with van der Waals surface area (Å²) in [5.41, 5.74) is 3.29. The van der Waals surface area contributed by atoms with Crippen LogP contribution in [0.2, 0.25) is 0 Å². The molecule has 2 aromatic carbocycles. The van der Waals surface area contributed by atoms with Gasteiger partial charge in [0.25, 0.3) is 5.91 Å². The summed E-state index contributed by atoms with van der Waals surface area (Å²) in [7, 11) is 1.70. The second-order valence-electron chi connectivity index (χ2n) is 9.60. The van der Waals surface area contributed by atoms with E-state index in [1.807, 2.05) is 36.4 Å². The van der Waals surface area contributed by atoms with E-state index in [4.69, 9.17) is 4.74 Å². The number of ether oxygens (including phenoxy) is 1. The molecule has 0 spiro atoms. The molecular weight excluding hydrogens is 428 g/mol. The number of hydrogen-bond donors (Lipinski definition) is 2. The third-order valence-corrected chi connectivity index (χ3v) is 6.70. The maximum Gasteiger partial charge on any atom is 0.253 e. The minimum Gasteiger partial charge on any atom is -0.495 e. The smallest absolute Gasteiger partial charge is 0.253 e. The van der Waals surface area contributed by atoms with Gasteiger partial charge in [-0.05, 0) is 49.1 Å². The van der Waals surface area contributed by atoms with Crippen molar-refractivity contribution in [1.29, 1.82) is 0 Å². The fraction of sp³-hybridized carbons (Fsp3) is 0.481. The minimum atomic E-state index is -0.101. The Hall–Kier alpha value is -3.22. The molecule has 7 heteroatoms. The van der Waals surface area contributed by atoms with Crippen molar-refractivity contribution in [3.8, 4) is 5.75 Å². The van der Waals surface area contributed by atoms with Gasteiger partial charge < -0.3 is 25.2 Å². The summed E-state index contributed by atoms with van der Waals surface area (Å²) in [6, 6.07) is 13.8. The molecule has 1 saturated heterocycles. The summed E-state index contributed by atoms with van der Waals surface area (Å²) in [5.74, 6) is 1.28. The zero-order valence-corrected chi connectivity index (χ0v) is 20.5. The summed E-state index contributed by atoms with van der Waals surface area (Å²) in [6.45, 7) is 7.99. The van der Waals surface area contributed by atoms with Crippen molar-refractivity contribution in [2.24, 2.45) is 11.8 Å². The number of hydrogen-bond acceptors (Lipinski definition) is 5. The Morgan fingerprint density at radius 1 is 1.00 bits per heavy atom. The number of carbonyl (C=O) groups is 2. The van der Waals surface area contributed by atoms with Crippen molar-refractivity contribution < 1.29 is 14.3 Å². The summed E-state index contributed by atoms with van der Waals surface area (Å²) in [5, 5.41) is 6.06. The molecule has 2 fully saturated rings. The highest BCUT2D eigenvalue weighted by atomic mass is 16.5. The van der Waals surface area contributed by atoms with Gasteiger partial charge in [-0.2, -0.15) is 0 Å². The number of para-hydroxylation sites is 2. The zero-order valence-electron chi connectivity index (χ0n) is 20.5. The predicted molar refractivity (Wildman–Crippen MR) is 137 cm³/mol. The first kappa shape index (κ1) is 23.9. The van der Waals surface area contributed by atoms with Crippen LogP contribution in [0.5, 0.6) is 5.75 Å². The van der Waals surface area contributed by atoms with E-state index in [1.165, 1.54) is 0 Å². The Kier molecular flexibility index (Phi) is 7.60. The number of nitrogens with one attached hydrogen (secondary N) is 2. The molecule has 0 aromatic heterocycles. The van der Waals surface area contributed by atoms with E-state index in [1.54, 1.807) is 7.11 Å². The topological polar surface area (TPSA) is 73.9 Å². The van der Waals surface area contributed by atoms with Gasteiger partial charge in [0.15, 0.2) is 0 Å². The Morgan fingerprint density at radius 3 is 2.29 bits per heavy atom. The highest BCUT2D eigenvalue weighted by molar-refractivity contribution is 6.02. The number of methoxy groups -OCH3 is 1. The van der Waals surface area contributed by atoms with Crippen molar-refractivity contribution in [2.75, 3.05) is 55.0 Å². The lowest BCUT2D eigenvalue weighted by atomic mass is 9.85. The molecule has 0 atom stereocenters. The molecule has 1 aliphatic heterocycles. The summed E-state index contributed by atoms with van der Waals surface area (Å²) in [4.78, 5) is 30.2. The fourth-order valence-electron chi connectivity index (χ4n) is 4.46. The van der Waals surface area contributed by atoms with Gasteiger partial charge in [0.2, 0.25) is 5.91 Å². The molecule has 34 heavy (non-hydrogen) atoms. The fourth-order valence-corrected chi connectivity index (χ4v) is 4.46. The minimum absolute atomic E-state index is 0.0537. The molecule has 1 heterocycles. The van der Waals surface area contributed by atoms with Gasteiger partial charge in [-0.3, -0.25) is 9.59 Å². The van der Waals surface area contributed by atoms with E-state index >= 15 is 0 Å². The van der Waals surface area contributed by atoms with Crippen LogP contribution in [0.1, 0.15) is 43.5 Å². The summed E-state index contributed by atoms with van der Waals surface area (Å²) < 4.78 is 5.54. The van der Waals surface area contributed by atoms with Crippen molar-refractivity contribution in [1.82, 2.24) is 5.32 Å². The molecule has 2 N–H and O–H groups in total. The number of benzene rings is 2. The van der Waals surface area contributed by atoms with Crippen LogP contribution < -0.4 is 25.2 Å². The lowest BCUT2D eigenvalue weighted by Crippen LogP contribution is -2.47. The van der Waals surface area contributed by atoms with Gasteiger partial charge in [-0.25, -0.2) is 0 Å². The van der Waals surface area contributed by atoms with Crippen LogP contribution >= 0.6 is 0 Å². The lowest BCUT2D eigenvalue weighted by molar-refractivity contribution is -0.122. The quantitative estimate of drug-likeness (QED) is 0.614. The van der Waals surface area contributed by atoms with Crippen LogP contribution in [0.15, 0.2) is 42.5 Å². The summed E-state index contributed by atoms with van der Waals surface area (Å²) >= 11 is 0. The second-order valence-corrected chi connectivity index (χ2v) is 9.60. The van der Waals surface area contributed by atoms with Crippen LogP contribution in [0.25, 0.3) is 0 Å². The number of carbonyl (C=O) groups excluding carboxylic acids is 2. The SMILES string of the molecule is COc1ccccc1N1CCN(c2ccc(NC(=O)C3CCC3)cc2C(=O)NCC(C)C)CC1.